The van der Waals surface area contributed by atoms with Gasteiger partial charge in [-0.15, -0.1) is 0 Å². The minimum Gasteiger partial charge on any atom is -0.398 e. The highest BCUT2D eigenvalue weighted by atomic mass is 127. The maximum Gasteiger partial charge on any atom is 0.0538 e. The molecular weight excluding hydrogens is 293 g/mol. The Morgan fingerprint density at radius 1 is 1.44 bits per heavy atom. The molecular formula is C6H5BrIN. The van der Waals surface area contributed by atoms with Gasteiger partial charge < -0.3 is 5.73 Å². The van der Waals surface area contributed by atoms with E-state index >= 15 is 0 Å². The molecule has 0 amide bonds. The van der Waals surface area contributed by atoms with Crippen LogP contribution in [0.25, 0.3) is 0 Å². The Bertz CT molecular complexity index is 204. The number of benzene rings is 1. The molecule has 0 saturated heterocycles. The minimum absolute atomic E-state index is 0.793. The van der Waals surface area contributed by atoms with E-state index in [4.69, 9.17) is 5.73 Å². The maximum atomic E-state index is 5.57. The van der Waals surface area contributed by atoms with E-state index in [0.29, 0.717) is 0 Å². The van der Waals surface area contributed by atoms with Crippen LogP contribution in [0.4, 0.5) is 5.69 Å². The Hall–Kier alpha value is 0.230. The second-order valence-electron chi connectivity index (χ2n) is 1.64. The number of hydrogen-bond acceptors (Lipinski definition) is 1. The van der Waals surface area contributed by atoms with Crippen molar-refractivity contribution >= 4 is 44.2 Å². The van der Waals surface area contributed by atoms with Crippen LogP contribution in [0.1, 0.15) is 0 Å². The van der Waals surface area contributed by atoms with E-state index in [2.05, 4.69) is 38.5 Å². The zero-order chi connectivity index (χ0) is 6.85. The fourth-order valence-corrected chi connectivity index (χ4v) is 1.30. The zero-order valence-corrected chi connectivity index (χ0v) is 8.31. The number of nitrogen functional groups attached to an aromatic ring is 1. The fourth-order valence-electron chi connectivity index (χ4n) is 0.520. The van der Waals surface area contributed by atoms with E-state index in [1.54, 1.807) is 0 Å². The maximum absolute atomic E-state index is 5.57. The van der Waals surface area contributed by atoms with Crippen LogP contribution in [0.3, 0.4) is 0 Å². The summed E-state index contributed by atoms with van der Waals surface area (Å²) < 4.78 is 2.14. The fraction of sp³-hybridized carbons (Fsp3) is 0. The standard InChI is InChI=1S/C6H5BrIN/c7-6-4(8)2-1-3-5(6)9/h1-3H,9H2. The second-order valence-corrected chi connectivity index (χ2v) is 3.60. The molecule has 3 heteroatoms. The van der Waals surface area contributed by atoms with Crippen molar-refractivity contribution in [3.05, 3.63) is 26.2 Å². The SMILES string of the molecule is Nc1cccc(I)c1Br. The third-order valence-corrected chi connectivity index (χ3v) is 3.51. The van der Waals surface area contributed by atoms with Crippen LogP contribution in [0, 0.1) is 3.57 Å². The molecule has 0 bridgehead atoms. The van der Waals surface area contributed by atoms with Gasteiger partial charge in [0.1, 0.15) is 0 Å². The average Bonchev–Trinajstić information content (AvgIpc) is 1.83. The molecule has 48 valence electrons. The summed E-state index contributed by atoms with van der Waals surface area (Å²) in [6.07, 6.45) is 0. The predicted octanol–water partition coefficient (Wildman–Crippen LogP) is 2.64. The lowest BCUT2D eigenvalue weighted by Crippen LogP contribution is -1.86. The summed E-state index contributed by atoms with van der Waals surface area (Å²) in [6, 6.07) is 5.80. The smallest absolute Gasteiger partial charge is 0.0538 e. The highest BCUT2D eigenvalue weighted by Gasteiger charge is 1.96. The van der Waals surface area contributed by atoms with Gasteiger partial charge in [0.2, 0.25) is 0 Å². The molecule has 0 unspecified atom stereocenters. The third kappa shape index (κ3) is 1.58. The minimum atomic E-state index is 0.793. The van der Waals surface area contributed by atoms with Crippen LogP contribution in [-0.4, -0.2) is 0 Å². The molecule has 0 saturated carbocycles. The summed E-state index contributed by atoms with van der Waals surface area (Å²) in [5.74, 6) is 0. The first kappa shape index (κ1) is 7.34. The molecule has 0 aliphatic carbocycles. The van der Waals surface area contributed by atoms with Gasteiger partial charge in [-0.25, -0.2) is 0 Å². The molecule has 0 spiro atoms. The van der Waals surface area contributed by atoms with Gasteiger partial charge in [-0.05, 0) is 50.7 Å². The number of nitrogens with two attached hydrogens (primary N) is 1. The van der Waals surface area contributed by atoms with Crippen molar-refractivity contribution in [1.82, 2.24) is 0 Å². The van der Waals surface area contributed by atoms with Crippen LogP contribution >= 0.6 is 38.5 Å². The normalized spacial score (nSPS) is 9.56. The molecule has 1 rings (SSSR count). The Morgan fingerprint density at radius 3 is 2.56 bits per heavy atom. The number of anilines is 1. The topological polar surface area (TPSA) is 26.0 Å². The first-order valence-corrected chi connectivity index (χ1v) is 4.28. The van der Waals surface area contributed by atoms with Crippen molar-refractivity contribution in [2.24, 2.45) is 0 Å². The Balaban J connectivity index is 3.25. The number of rotatable bonds is 0. The molecule has 9 heavy (non-hydrogen) atoms. The van der Waals surface area contributed by atoms with E-state index in [0.717, 1.165) is 13.7 Å². The lowest BCUT2D eigenvalue weighted by molar-refractivity contribution is 1.58. The summed E-state index contributed by atoms with van der Waals surface area (Å²) in [7, 11) is 0. The monoisotopic (exact) mass is 297 g/mol. The lowest BCUT2D eigenvalue weighted by atomic mass is 10.3. The lowest BCUT2D eigenvalue weighted by Gasteiger charge is -1.97. The molecule has 0 aromatic heterocycles. The number of hydrogen-bond donors (Lipinski definition) is 1. The van der Waals surface area contributed by atoms with E-state index in [-0.39, 0.29) is 0 Å². The summed E-state index contributed by atoms with van der Waals surface area (Å²) in [4.78, 5) is 0. The highest BCUT2D eigenvalue weighted by Crippen LogP contribution is 2.24. The van der Waals surface area contributed by atoms with E-state index in [1.807, 2.05) is 18.2 Å². The first-order valence-electron chi connectivity index (χ1n) is 2.41. The zero-order valence-electron chi connectivity index (χ0n) is 4.57. The van der Waals surface area contributed by atoms with E-state index in [1.165, 1.54) is 0 Å². The van der Waals surface area contributed by atoms with E-state index in [9.17, 15) is 0 Å². The Kier molecular flexibility index (Phi) is 2.35. The van der Waals surface area contributed by atoms with Crippen molar-refractivity contribution < 1.29 is 0 Å². The Morgan fingerprint density at radius 2 is 2.11 bits per heavy atom. The van der Waals surface area contributed by atoms with Crippen LogP contribution in [0.2, 0.25) is 0 Å². The largest absolute Gasteiger partial charge is 0.398 e. The molecule has 1 aromatic carbocycles. The summed E-state index contributed by atoms with van der Waals surface area (Å²) in [5, 5.41) is 0. The molecule has 0 aliphatic rings. The molecule has 0 atom stereocenters. The third-order valence-electron chi connectivity index (χ3n) is 0.981. The van der Waals surface area contributed by atoms with Crippen molar-refractivity contribution in [2.45, 2.75) is 0 Å². The van der Waals surface area contributed by atoms with Crippen LogP contribution in [0.5, 0.6) is 0 Å². The van der Waals surface area contributed by atoms with Crippen molar-refractivity contribution in [3.63, 3.8) is 0 Å². The van der Waals surface area contributed by atoms with Gasteiger partial charge in [-0.3, -0.25) is 0 Å². The van der Waals surface area contributed by atoms with Crippen molar-refractivity contribution in [2.75, 3.05) is 5.73 Å². The van der Waals surface area contributed by atoms with Gasteiger partial charge in [-0.2, -0.15) is 0 Å². The summed E-state index contributed by atoms with van der Waals surface area (Å²) in [6.45, 7) is 0. The van der Waals surface area contributed by atoms with Crippen LogP contribution < -0.4 is 5.73 Å². The highest BCUT2D eigenvalue weighted by molar-refractivity contribution is 14.1. The molecule has 0 heterocycles. The van der Waals surface area contributed by atoms with Gasteiger partial charge >= 0.3 is 0 Å². The molecule has 2 N–H and O–H groups in total. The summed E-state index contributed by atoms with van der Waals surface area (Å²) >= 11 is 5.57. The van der Waals surface area contributed by atoms with Gasteiger partial charge in [0.05, 0.1) is 4.47 Å². The first-order chi connectivity index (χ1) is 4.22. The molecule has 0 fully saturated rings. The average molecular weight is 298 g/mol. The van der Waals surface area contributed by atoms with Gasteiger partial charge in [0, 0.05) is 9.26 Å². The quantitative estimate of drug-likeness (QED) is 0.578. The van der Waals surface area contributed by atoms with Gasteiger partial charge in [0.25, 0.3) is 0 Å². The summed E-state index contributed by atoms with van der Waals surface area (Å²) in [5.41, 5.74) is 6.36. The Labute approximate surface area is 75.9 Å². The van der Waals surface area contributed by atoms with E-state index < -0.39 is 0 Å². The van der Waals surface area contributed by atoms with Crippen molar-refractivity contribution in [1.29, 1.82) is 0 Å². The number of halogens is 2. The van der Waals surface area contributed by atoms with Crippen LogP contribution in [-0.2, 0) is 0 Å². The van der Waals surface area contributed by atoms with Crippen LogP contribution in [0.15, 0.2) is 22.7 Å². The van der Waals surface area contributed by atoms with Gasteiger partial charge in [0.15, 0.2) is 0 Å². The molecule has 0 radical (unpaired) electrons. The second kappa shape index (κ2) is 2.88. The molecule has 1 nitrogen and oxygen atoms in total. The molecule has 0 aliphatic heterocycles. The molecule has 1 aromatic rings. The predicted molar refractivity (Wildman–Crippen MR) is 51.3 cm³/mol. The van der Waals surface area contributed by atoms with Gasteiger partial charge in [-0.1, -0.05) is 6.07 Å². The van der Waals surface area contributed by atoms with Crippen molar-refractivity contribution in [3.8, 4) is 0 Å².